The summed E-state index contributed by atoms with van der Waals surface area (Å²) in [5.74, 6) is -0.136. The number of pyridine rings is 1. The molecule has 23 heavy (non-hydrogen) atoms. The van der Waals surface area contributed by atoms with Crippen LogP contribution in [0.3, 0.4) is 0 Å². The average molecular weight is 307 g/mol. The first-order chi connectivity index (χ1) is 10.9. The Hall–Kier alpha value is -2.75. The van der Waals surface area contributed by atoms with Crippen LogP contribution >= 0.6 is 0 Å². The van der Waals surface area contributed by atoms with E-state index >= 15 is 0 Å². The zero-order chi connectivity index (χ0) is 17.0. The highest BCUT2D eigenvalue weighted by atomic mass is 16.2. The van der Waals surface area contributed by atoms with Gasteiger partial charge in [-0.2, -0.15) is 0 Å². The van der Waals surface area contributed by atoms with E-state index < -0.39 is 0 Å². The molecule has 2 rings (SSSR count). The van der Waals surface area contributed by atoms with Gasteiger partial charge in [0.05, 0.1) is 0 Å². The van der Waals surface area contributed by atoms with Gasteiger partial charge in [0.1, 0.15) is 5.71 Å². The summed E-state index contributed by atoms with van der Waals surface area (Å²) in [6.07, 6.45) is 3.51. The van der Waals surface area contributed by atoms with Crippen LogP contribution in [0.25, 0.3) is 11.1 Å². The lowest BCUT2D eigenvalue weighted by molar-refractivity contribution is -0.121. The minimum absolute atomic E-state index is 0.136. The highest BCUT2D eigenvalue weighted by Crippen LogP contribution is 2.23. The van der Waals surface area contributed by atoms with Crippen molar-refractivity contribution in [2.24, 2.45) is 4.99 Å². The molecule has 2 aromatic rings. The van der Waals surface area contributed by atoms with Crippen LogP contribution in [0.1, 0.15) is 18.1 Å². The van der Waals surface area contributed by atoms with Crippen LogP contribution in [0.4, 0.5) is 0 Å². The van der Waals surface area contributed by atoms with E-state index in [1.54, 1.807) is 33.4 Å². The summed E-state index contributed by atoms with van der Waals surface area (Å²) in [7, 11) is 3.44. The molecule has 0 aliphatic carbocycles. The van der Waals surface area contributed by atoms with Crippen LogP contribution in [-0.4, -0.2) is 35.6 Å². The van der Waals surface area contributed by atoms with E-state index in [4.69, 9.17) is 0 Å². The number of hydrogen-bond donors (Lipinski definition) is 0. The van der Waals surface area contributed by atoms with Gasteiger partial charge in [-0.05, 0) is 48.7 Å². The highest BCUT2D eigenvalue weighted by molar-refractivity contribution is 6.45. The van der Waals surface area contributed by atoms with Crippen LogP contribution in [0.2, 0.25) is 0 Å². The van der Waals surface area contributed by atoms with E-state index in [2.05, 4.69) is 16.6 Å². The molecule has 4 nitrogen and oxygen atoms in total. The standard InChI is InChI=1S/C19H21N3O/c1-13(2)21-18(19(23)22(4)5)17-12-16(7-6-14(17)3)15-8-10-20-11-9-15/h6-12H,1H2,2-5H3/b21-18+. The second-order valence-corrected chi connectivity index (χ2v) is 5.66. The van der Waals surface area contributed by atoms with Crippen LogP contribution in [0.5, 0.6) is 0 Å². The van der Waals surface area contributed by atoms with Crippen LogP contribution in [-0.2, 0) is 4.79 Å². The summed E-state index contributed by atoms with van der Waals surface area (Å²) >= 11 is 0. The lowest BCUT2D eigenvalue weighted by atomic mass is 9.97. The Kier molecular flexibility index (Phi) is 5.06. The van der Waals surface area contributed by atoms with E-state index in [9.17, 15) is 4.79 Å². The molecule has 0 unspecified atom stereocenters. The van der Waals surface area contributed by atoms with Crippen molar-refractivity contribution in [2.75, 3.05) is 14.1 Å². The molecule has 1 amide bonds. The third-order valence-corrected chi connectivity index (χ3v) is 3.42. The topological polar surface area (TPSA) is 45.6 Å². The molecule has 0 fully saturated rings. The molecule has 0 N–H and O–H groups in total. The maximum atomic E-state index is 12.5. The van der Waals surface area contributed by atoms with Gasteiger partial charge in [-0.15, -0.1) is 0 Å². The van der Waals surface area contributed by atoms with Gasteiger partial charge in [0.2, 0.25) is 0 Å². The Bertz CT molecular complexity index is 761. The average Bonchev–Trinajstić information content (AvgIpc) is 2.53. The molecule has 0 bridgehead atoms. The quantitative estimate of drug-likeness (QED) is 0.812. The molecule has 0 saturated heterocycles. The molecule has 4 heteroatoms. The zero-order valence-electron chi connectivity index (χ0n) is 14.0. The summed E-state index contributed by atoms with van der Waals surface area (Å²) in [5, 5.41) is 0. The molecule has 118 valence electrons. The first-order valence-electron chi connectivity index (χ1n) is 7.37. The number of rotatable bonds is 4. The van der Waals surface area contributed by atoms with Gasteiger partial charge in [0.25, 0.3) is 5.91 Å². The van der Waals surface area contributed by atoms with Crippen molar-refractivity contribution in [3.05, 3.63) is 66.1 Å². The fourth-order valence-corrected chi connectivity index (χ4v) is 2.23. The fourth-order valence-electron chi connectivity index (χ4n) is 2.23. The first-order valence-corrected chi connectivity index (χ1v) is 7.37. The maximum absolute atomic E-state index is 12.5. The van der Waals surface area contributed by atoms with Crippen molar-refractivity contribution in [3.63, 3.8) is 0 Å². The predicted molar refractivity (Wildman–Crippen MR) is 94.5 cm³/mol. The molecular weight excluding hydrogens is 286 g/mol. The summed E-state index contributed by atoms with van der Waals surface area (Å²) in [4.78, 5) is 22.5. The predicted octanol–water partition coefficient (Wildman–Crippen LogP) is 3.47. The Morgan fingerprint density at radius 1 is 1.13 bits per heavy atom. The van der Waals surface area contributed by atoms with E-state index in [1.165, 1.54) is 4.90 Å². The normalized spacial score (nSPS) is 11.2. The Balaban J connectivity index is 2.60. The molecule has 0 spiro atoms. The minimum Gasteiger partial charge on any atom is -0.343 e. The minimum atomic E-state index is -0.136. The van der Waals surface area contributed by atoms with Crippen molar-refractivity contribution in [3.8, 4) is 11.1 Å². The van der Waals surface area contributed by atoms with Gasteiger partial charge in [-0.1, -0.05) is 18.7 Å². The van der Waals surface area contributed by atoms with Gasteiger partial charge in [0.15, 0.2) is 0 Å². The summed E-state index contributed by atoms with van der Waals surface area (Å²) in [6, 6.07) is 9.91. The third kappa shape index (κ3) is 3.92. The van der Waals surface area contributed by atoms with E-state index in [-0.39, 0.29) is 5.91 Å². The second kappa shape index (κ2) is 7.01. The van der Waals surface area contributed by atoms with Gasteiger partial charge >= 0.3 is 0 Å². The number of benzene rings is 1. The first kappa shape index (κ1) is 16.6. The number of hydrogen-bond acceptors (Lipinski definition) is 3. The Labute approximate surface area is 137 Å². The smallest absolute Gasteiger partial charge is 0.272 e. The number of amides is 1. The SMILES string of the molecule is C=C(C)/N=C(/C(=O)N(C)C)c1cc(-c2ccncc2)ccc1C. The molecular formula is C19H21N3O. The number of carbonyl (C=O) groups is 1. The largest absolute Gasteiger partial charge is 0.343 e. The summed E-state index contributed by atoms with van der Waals surface area (Å²) < 4.78 is 0. The zero-order valence-corrected chi connectivity index (χ0v) is 14.0. The third-order valence-electron chi connectivity index (χ3n) is 3.42. The van der Waals surface area contributed by atoms with E-state index in [0.29, 0.717) is 11.4 Å². The molecule has 1 aromatic heterocycles. The van der Waals surface area contributed by atoms with E-state index in [0.717, 1.165) is 22.3 Å². The number of aryl methyl sites for hydroxylation is 1. The number of carbonyl (C=O) groups excluding carboxylic acids is 1. The number of aliphatic imine (C=N–C) groups is 1. The second-order valence-electron chi connectivity index (χ2n) is 5.66. The van der Waals surface area contributed by atoms with Gasteiger partial charge in [0, 0.05) is 37.7 Å². The van der Waals surface area contributed by atoms with Gasteiger partial charge < -0.3 is 4.90 Å². The molecule has 0 radical (unpaired) electrons. The molecule has 1 aromatic carbocycles. The van der Waals surface area contributed by atoms with Crippen molar-refractivity contribution < 1.29 is 4.79 Å². The van der Waals surface area contributed by atoms with E-state index in [1.807, 2.05) is 37.3 Å². The maximum Gasteiger partial charge on any atom is 0.272 e. The Morgan fingerprint density at radius 3 is 2.35 bits per heavy atom. The highest BCUT2D eigenvalue weighted by Gasteiger charge is 2.18. The van der Waals surface area contributed by atoms with Crippen molar-refractivity contribution in [1.29, 1.82) is 0 Å². The van der Waals surface area contributed by atoms with Crippen LogP contribution in [0, 0.1) is 6.92 Å². The van der Waals surface area contributed by atoms with Crippen LogP contribution < -0.4 is 0 Å². The van der Waals surface area contributed by atoms with Crippen molar-refractivity contribution >= 4 is 11.6 Å². The molecule has 0 atom stereocenters. The number of likely N-dealkylation sites (N-methyl/N-ethyl adjacent to an activating group) is 1. The lowest BCUT2D eigenvalue weighted by Gasteiger charge is -2.16. The molecule has 0 aliphatic rings. The lowest BCUT2D eigenvalue weighted by Crippen LogP contribution is -2.31. The summed E-state index contributed by atoms with van der Waals surface area (Å²) in [5.41, 5.74) is 4.90. The van der Waals surface area contributed by atoms with Crippen molar-refractivity contribution in [1.82, 2.24) is 9.88 Å². The van der Waals surface area contributed by atoms with Gasteiger partial charge in [-0.3, -0.25) is 9.78 Å². The fraction of sp³-hybridized carbons (Fsp3) is 0.211. The monoisotopic (exact) mass is 307 g/mol. The number of allylic oxidation sites excluding steroid dienone is 1. The van der Waals surface area contributed by atoms with Crippen molar-refractivity contribution in [2.45, 2.75) is 13.8 Å². The molecule has 1 heterocycles. The number of aromatic nitrogens is 1. The summed E-state index contributed by atoms with van der Waals surface area (Å²) in [6.45, 7) is 7.56. The molecule has 0 saturated carbocycles. The number of nitrogens with zero attached hydrogens (tertiary/aromatic N) is 3. The van der Waals surface area contributed by atoms with Crippen LogP contribution in [0.15, 0.2) is 60.0 Å². The molecule has 0 aliphatic heterocycles. The Morgan fingerprint density at radius 2 is 1.78 bits per heavy atom. The van der Waals surface area contributed by atoms with Gasteiger partial charge in [-0.25, -0.2) is 4.99 Å².